The van der Waals surface area contributed by atoms with Gasteiger partial charge in [0.05, 0.1) is 20.2 Å². The third-order valence-corrected chi connectivity index (χ3v) is 18.2. The molecular formula is C72H94FN13O13. The highest BCUT2D eigenvalue weighted by molar-refractivity contribution is 5.95. The Labute approximate surface area is 576 Å². The zero-order valence-electron chi connectivity index (χ0n) is 57.3. The van der Waals surface area contributed by atoms with Crippen molar-refractivity contribution in [2.45, 2.75) is 168 Å². The summed E-state index contributed by atoms with van der Waals surface area (Å²) in [6, 6.07) is 21.8. The molecule has 2 fully saturated rings. The number of fused-ring (bicyclic) bond motifs is 5. The number of hydrazine groups is 1. The summed E-state index contributed by atoms with van der Waals surface area (Å²) in [4.78, 5) is 151. The van der Waals surface area contributed by atoms with E-state index < -0.39 is 91.6 Å². The minimum atomic E-state index is -1.26. The van der Waals surface area contributed by atoms with Gasteiger partial charge in [-0.3, -0.25) is 47.9 Å². The van der Waals surface area contributed by atoms with Crippen molar-refractivity contribution < 1.29 is 66.6 Å². The molecule has 3 aliphatic heterocycles. The number of nitrogens with one attached hydrogen (secondary N) is 8. The zero-order valence-corrected chi connectivity index (χ0v) is 57.3. The van der Waals surface area contributed by atoms with Gasteiger partial charge in [-0.2, -0.15) is 0 Å². The van der Waals surface area contributed by atoms with Gasteiger partial charge < -0.3 is 66.4 Å². The molecule has 12 amide bonds. The smallest absolute Gasteiger partial charge is 0.338 e. The number of urea groups is 1. The molecule has 0 spiro atoms. The first-order valence-corrected chi connectivity index (χ1v) is 34.1. The van der Waals surface area contributed by atoms with Gasteiger partial charge in [-0.1, -0.05) is 87.4 Å². The van der Waals surface area contributed by atoms with Gasteiger partial charge in [0.25, 0.3) is 5.91 Å². The number of likely N-dealkylation sites (tertiary alicyclic amines) is 1. The van der Waals surface area contributed by atoms with E-state index in [9.17, 15) is 57.1 Å². The monoisotopic (exact) mass is 1370 g/mol. The second-order valence-corrected chi connectivity index (χ2v) is 25.9. The van der Waals surface area contributed by atoms with Crippen LogP contribution in [-0.4, -0.2) is 179 Å². The van der Waals surface area contributed by atoms with Crippen LogP contribution in [0, 0.1) is 18.7 Å². The van der Waals surface area contributed by atoms with E-state index in [1.54, 1.807) is 60.5 Å². The molecule has 26 nitrogen and oxygen atoms in total. The first kappa shape index (κ1) is 74.9. The van der Waals surface area contributed by atoms with Crippen LogP contribution in [0.15, 0.2) is 97.2 Å². The number of hydrogen-bond acceptors (Lipinski definition) is 13. The normalized spacial score (nSPS) is 17.5. The van der Waals surface area contributed by atoms with Crippen LogP contribution in [0.1, 0.15) is 119 Å². The second-order valence-electron chi connectivity index (χ2n) is 25.9. The molecule has 8 rings (SSSR count). The van der Waals surface area contributed by atoms with Crippen molar-refractivity contribution >= 4 is 76.5 Å². The van der Waals surface area contributed by atoms with Crippen molar-refractivity contribution in [1.29, 1.82) is 0 Å². The fraction of sp³-hybridized carbons (Fsp3) is 0.486. The fourth-order valence-electron chi connectivity index (χ4n) is 12.3. The molecule has 99 heavy (non-hydrogen) atoms. The summed E-state index contributed by atoms with van der Waals surface area (Å²) in [5.41, 5.74) is 5.81. The number of ether oxygens (including phenoxy) is 2. The number of methoxy groups -OCH3 is 1. The standard InChI is InChI=1S/C72H94FN13O13/c1-46(2)48(4)80-72(97)86-67-29-34-85(86)66(92)41-77-69(94)58(37-53-13-11-14-54(35-53)39-75-64(90)44-99-67)81-63(89)40-76-68(93)49(5)79-62(88)26-27-65(91)83(32-10-8-7-9-31-82-42-47(3)57-38-55(73)22-25-60(57)82)43-52-18-16-50(17-19-52)28-30-74-70(95)61-15-12-33-84(61)71(96)59(78-45-87)36-51-20-23-56(98-6)24-21-51/h11,13-14,16-25,35,38,42,45-46,48-49,58-59,61,67H,7-10,12,15,26-34,36-37,39-41,43-44H2,1-6H3,(H,74,95)(H,75,90)(H,76,93)(H,77,94)(H,78,87)(H,79,88)(H,80,97)(H,81,89)/t48?,49-,58-,59-,61-,67-/m0/s1. The van der Waals surface area contributed by atoms with Gasteiger partial charge >= 0.3 is 6.03 Å². The number of aryl methyl sites for hydroxylation is 2. The van der Waals surface area contributed by atoms with E-state index in [4.69, 9.17) is 9.47 Å². The van der Waals surface area contributed by atoms with Crippen molar-refractivity contribution in [2.24, 2.45) is 5.92 Å². The molecule has 27 heteroatoms. The number of carbonyl (C=O) groups excluding carboxylic acids is 11. The molecule has 8 N–H and O–H groups in total. The Morgan fingerprint density at radius 2 is 1.54 bits per heavy atom. The van der Waals surface area contributed by atoms with Crippen LogP contribution in [0.25, 0.3) is 10.9 Å². The summed E-state index contributed by atoms with van der Waals surface area (Å²) in [6.45, 7) is 9.69. The zero-order chi connectivity index (χ0) is 71.1. The van der Waals surface area contributed by atoms with E-state index in [1.807, 2.05) is 70.3 Å². The first-order chi connectivity index (χ1) is 47.6. The summed E-state index contributed by atoms with van der Waals surface area (Å²) < 4.78 is 27.3. The summed E-state index contributed by atoms with van der Waals surface area (Å²) in [5.74, 6) is -4.39. The number of hydrogen-bond donors (Lipinski definition) is 8. The van der Waals surface area contributed by atoms with E-state index in [0.717, 1.165) is 69.0 Å². The maximum absolute atomic E-state index is 14.1. The van der Waals surface area contributed by atoms with E-state index in [-0.39, 0.29) is 87.2 Å². The minimum Gasteiger partial charge on any atom is -0.497 e. The predicted octanol–water partition coefficient (Wildman–Crippen LogP) is 4.11. The molecule has 5 aromatic rings. The van der Waals surface area contributed by atoms with Gasteiger partial charge in [-0.15, -0.1) is 0 Å². The quantitative estimate of drug-likeness (QED) is 0.0247. The Kier molecular flexibility index (Phi) is 27.7. The number of benzene rings is 4. The fourth-order valence-corrected chi connectivity index (χ4v) is 12.3. The van der Waals surface area contributed by atoms with Gasteiger partial charge in [0.2, 0.25) is 53.7 Å². The van der Waals surface area contributed by atoms with Crippen molar-refractivity contribution in [3.63, 3.8) is 0 Å². The molecule has 2 saturated heterocycles. The highest BCUT2D eigenvalue weighted by atomic mass is 19.1. The predicted molar refractivity (Wildman–Crippen MR) is 366 cm³/mol. The first-order valence-electron chi connectivity index (χ1n) is 34.1. The van der Waals surface area contributed by atoms with Gasteiger partial charge in [0.15, 0.2) is 6.23 Å². The van der Waals surface area contributed by atoms with E-state index in [0.29, 0.717) is 68.6 Å². The largest absolute Gasteiger partial charge is 0.497 e. The lowest BCUT2D eigenvalue weighted by atomic mass is 10.0. The van der Waals surface area contributed by atoms with Gasteiger partial charge in [-0.05, 0) is 123 Å². The highest BCUT2D eigenvalue weighted by Gasteiger charge is 2.41. The Hall–Kier alpha value is -9.92. The number of unbranched alkanes of at least 4 members (excludes halogenated alkanes) is 3. The minimum absolute atomic E-state index is 0.0485. The Morgan fingerprint density at radius 3 is 2.28 bits per heavy atom. The highest BCUT2D eigenvalue weighted by Crippen LogP contribution is 2.25. The number of halogens is 1. The third-order valence-electron chi connectivity index (χ3n) is 18.2. The molecule has 6 atom stereocenters. The van der Waals surface area contributed by atoms with Crippen molar-refractivity contribution in [2.75, 3.05) is 53.0 Å². The molecule has 4 bridgehead atoms. The lowest BCUT2D eigenvalue weighted by Gasteiger charge is -2.33. The van der Waals surface area contributed by atoms with E-state index >= 15 is 0 Å². The van der Waals surface area contributed by atoms with E-state index in [1.165, 1.54) is 17.9 Å². The molecule has 3 aliphatic rings. The number of carbonyl (C=O) groups is 11. The summed E-state index contributed by atoms with van der Waals surface area (Å²) in [7, 11) is 1.56. The van der Waals surface area contributed by atoms with Crippen LogP contribution >= 0.6 is 0 Å². The average Bonchev–Trinajstić information content (AvgIpc) is 1.64. The molecule has 0 saturated carbocycles. The number of nitrogens with zero attached hydrogens (tertiary/aromatic N) is 5. The maximum Gasteiger partial charge on any atom is 0.338 e. The Balaban J connectivity index is 0.831. The van der Waals surface area contributed by atoms with Crippen LogP contribution in [0.2, 0.25) is 0 Å². The summed E-state index contributed by atoms with van der Waals surface area (Å²) >= 11 is 0. The molecule has 0 radical (unpaired) electrons. The second kappa shape index (κ2) is 36.6. The van der Waals surface area contributed by atoms with E-state index in [2.05, 4.69) is 47.1 Å². The molecule has 0 aliphatic carbocycles. The number of rotatable bonds is 29. The molecule has 4 heterocycles. The third kappa shape index (κ3) is 21.8. The van der Waals surface area contributed by atoms with Crippen LogP contribution in [-0.2, 0) is 91.6 Å². The van der Waals surface area contributed by atoms with Crippen LogP contribution in [0.5, 0.6) is 5.75 Å². The van der Waals surface area contributed by atoms with Crippen LogP contribution in [0.3, 0.4) is 0 Å². The number of amides is 12. The van der Waals surface area contributed by atoms with Gasteiger partial charge in [-0.25, -0.2) is 19.2 Å². The molecule has 1 unspecified atom stereocenters. The van der Waals surface area contributed by atoms with Crippen molar-refractivity contribution in [1.82, 2.24) is 66.9 Å². The molecule has 1 aromatic heterocycles. The van der Waals surface area contributed by atoms with Crippen molar-refractivity contribution in [3.05, 3.63) is 136 Å². The summed E-state index contributed by atoms with van der Waals surface area (Å²) in [6.07, 6.45) is 6.31. The molecule has 4 aromatic carbocycles. The average molecular weight is 1370 g/mol. The Morgan fingerprint density at radius 1 is 0.798 bits per heavy atom. The van der Waals surface area contributed by atoms with Gasteiger partial charge in [0.1, 0.15) is 42.3 Å². The van der Waals surface area contributed by atoms with Gasteiger partial charge in [0, 0.05) is 101 Å². The summed E-state index contributed by atoms with van der Waals surface area (Å²) in [5, 5.41) is 24.8. The van der Waals surface area contributed by atoms with Crippen LogP contribution in [0.4, 0.5) is 9.18 Å². The lowest BCUT2D eigenvalue weighted by Crippen LogP contribution is -2.57. The SMILES string of the molecule is COc1ccc(C[C@H](NC=O)C(=O)N2CCC[C@H]2C(=O)NCCc2ccc(CN(CCCCCCn3cc(C)c4cc(F)ccc43)C(=O)CCC(=O)N[C@@H](C)C(=O)NCC(=O)N[C@H]3Cc4cccc(c4)CNC(=O)CO[C@H]4CCN(C(=O)CNC3=O)N4C(=O)NC(C)C(C)C)cc2)cc1. The van der Waals surface area contributed by atoms with Crippen LogP contribution < -0.4 is 47.3 Å². The molecule has 532 valence electrons. The Bertz CT molecular complexity index is 3660. The molecular weight excluding hydrogens is 1270 g/mol. The topological polar surface area (TPSA) is 320 Å². The lowest BCUT2D eigenvalue weighted by molar-refractivity contribution is -0.152. The maximum atomic E-state index is 14.1. The van der Waals surface area contributed by atoms with Crippen molar-refractivity contribution in [3.8, 4) is 5.75 Å². The number of aromatic nitrogens is 1.